The molecule has 1 rings (SSSR count). The van der Waals surface area contributed by atoms with Crippen molar-refractivity contribution in [1.82, 2.24) is 5.32 Å². The van der Waals surface area contributed by atoms with E-state index < -0.39 is 6.29 Å². The van der Waals surface area contributed by atoms with Crippen LogP contribution in [0.3, 0.4) is 0 Å². The molecule has 0 fully saturated rings. The van der Waals surface area contributed by atoms with Gasteiger partial charge in [0.15, 0.2) is 6.29 Å². The van der Waals surface area contributed by atoms with Crippen molar-refractivity contribution < 1.29 is 14.3 Å². The Kier molecular flexibility index (Phi) is 6.59. The minimum absolute atomic E-state index is 0.111. The van der Waals surface area contributed by atoms with Gasteiger partial charge in [0.25, 0.3) is 5.91 Å². The molecule has 1 N–H and O–H groups in total. The van der Waals surface area contributed by atoms with E-state index in [1.54, 1.807) is 14.2 Å². The molecule has 0 saturated heterocycles. The zero-order valence-corrected chi connectivity index (χ0v) is 13.0. The van der Waals surface area contributed by atoms with E-state index >= 15 is 0 Å². The number of benzene rings is 1. The van der Waals surface area contributed by atoms with Gasteiger partial charge in [-0.05, 0) is 52.8 Å². The van der Waals surface area contributed by atoms with Crippen molar-refractivity contribution >= 4 is 28.5 Å². The zero-order valence-electron chi connectivity index (χ0n) is 10.8. The van der Waals surface area contributed by atoms with Crippen molar-refractivity contribution in [2.45, 2.75) is 19.6 Å². The van der Waals surface area contributed by atoms with Crippen LogP contribution in [-0.4, -0.2) is 33.0 Å². The van der Waals surface area contributed by atoms with Crippen LogP contribution in [0, 0.1) is 3.57 Å². The van der Waals surface area contributed by atoms with Crippen LogP contribution in [0.1, 0.15) is 22.8 Å². The van der Waals surface area contributed by atoms with E-state index in [1.807, 2.05) is 18.2 Å². The highest BCUT2D eigenvalue weighted by Gasteiger charge is 2.11. The number of ether oxygens (including phenoxy) is 2. The number of carbonyl (C=O) groups is 1. The number of nitrogens with one attached hydrogen (secondary N) is 1. The molecule has 100 valence electrons. The maximum absolute atomic E-state index is 11.9. The third-order valence-corrected chi connectivity index (χ3v) is 3.70. The third kappa shape index (κ3) is 4.22. The largest absolute Gasteiger partial charge is 0.354 e. The molecule has 4 nitrogen and oxygen atoms in total. The Bertz CT molecular complexity index is 405. The van der Waals surface area contributed by atoms with Crippen LogP contribution in [-0.2, 0) is 15.9 Å². The van der Waals surface area contributed by atoms with Gasteiger partial charge in [-0.2, -0.15) is 0 Å². The summed E-state index contributed by atoms with van der Waals surface area (Å²) in [5.41, 5.74) is 1.84. The van der Waals surface area contributed by atoms with Crippen LogP contribution in [0.2, 0.25) is 0 Å². The average molecular weight is 363 g/mol. The molecule has 0 aliphatic heterocycles. The molecule has 0 spiro atoms. The Morgan fingerprint density at radius 1 is 1.39 bits per heavy atom. The van der Waals surface area contributed by atoms with E-state index in [-0.39, 0.29) is 5.91 Å². The molecule has 0 atom stereocenters. The second kappa shape index (κ2) is 7.70. The molecule has 0 heterocycles. The van der Waals surface area contributed by atoms with Crippen molar-refractivity contribution in [3.63, 3.8) is 0 Å². The van der Waals surface area contributed by atoms with Crippen molar-refractivity contribution in [2.75, 3.05) is 20.8 Å². The van der Waals surface area contributed by atoms with Gasteiger partial charge >= 0.3 is 0 Å². The Morgan fingerprint density at radius 3 is 2.61 bits per heavy atom. The van der Waals surface area contributed by atoms with E-state index in [0.29, 0.717) is 12.1 Å². The lowest BCUT2D eigenvalue weighted by molar-refractivity contribution is -0.0974. The maximum atomic E-state index is 11.9. The Morgan fingerprint density at radius 2 is 2.06 bits per heavy atom. The summed E-state index contributed by atoms with van der Waals surface area (Å²) in [6, 6.07) is 5.70. The molecule has 0 aliphatic carbocycles. The molecular formula is C13H18INO3. The molecule has 0 radical (unpaired) electrons. The standard InChI is InChI=1S/C13H18INO3/c1-4-9-7-10(5-6-11(9)14)13(16)15-8-12(17-2)18-3/h5-7,12H,4,8H2,1-3H3,(H,15,16). The number of hydrogen-bond acceptors (Lipinski definition) is 3. The van der Waals surface area contributed by atoms with Crippen LogP contribution in [0.4, 0.5) is 0 Å². The van der Waals surface area contributed by atoms with Gasteiger partial charge in [-0.25, -0.2) is 0 Å². The number of methoxy groups -OCH3 is 2. The van der Waals surface area contributed by atoms with Crippen molar-refractivity contribution in [1.29, 1.82) is 0 Å². The van der Waals surface area contributed by atoms with Crippen molar-refractivity contribution in [2.24, 2.45) is 0 Å². The second-order valence-electron chi connectivity index (χ2n) is 3.77. The Balaban J connectivity index is 2.67. The summed E-state index contributed by atoms with van der Waals surface area (Å²) >= 11 is 2.27. The molecule has 5 heteroatoms. The molecule has 0 saturated carbocycles. The fraction of sp³-hybridized carbons (Fsp3) is 0.462. The fourth-order valence-electron chi connectivity index (χ4n) is 1.53. The normalized spacial score (nSPS) is 10.7. The topological polar surface area (TPSA) is 47.6 Å². The molecule has 1 aromatic rings. The van der Waals surface area contributed by atoms with Gasteiger partial charge in [-0.3, -0.25) is 4.79 Å². The summed E-state index contributed by atoms with van der Waals surface area (Å²) in [6.45, 7) is 2.41. The van der Waals surface area contributed by atoms with Crippen LogP contribution in [0.5, 0.6) is 0 Å². The van der Waals surface area contributed by atoms with Gasteiger partial charge in [-0.1, -0.05) is 6.92 Å². The van der Waals surface area contributed by atoms with Crippen LogP contribution < -0.4 is 5.32 Å². The number of amides is 1. The summed E-state index contributed by atoms with van der Waals surface area (Å²) in [6.07, 6.45) is 0.501. The fourth-order valence-corrected chi connectivity index (χ4v) is 2.24. The lowest BCUT2D eigenvalue weighted by Gasteiger charge is -2.14. The van der Waals surface area contributed by atoms with Crippen molar-refractivity contribution in [3.8, 4) is 0 Å². The predicted octanol–water partition coefficient (Wildman–Crippen LogP) is 2.20. The minimum atomic E-state index is -0.413. The quantitative estimate of drug-likeness (QED) is 0.623. The molecular weight excluding hydrogens is 345 g/mol. The first-order valence-corrected chi connectivity index (χ1v) is 6.82. The van der Waals surface area contributed by atoms with Gasteiger partial charge in [0.1, 0.15) is 0 Å². The number of aryl methyl sites for hydroxylation is 1. The number of rotatable bonds is 6. The van der Waals surface area contributed by atoms with E-state index in [2.05, 4.69) is 34.8 Å². The first-order valence-electron chi connectivity index (χ1n) is 5.74. The van der Waals surface area contributed by atoms with E-state index in [0.717, 1.165) is 6.42 Å². The van der Waals surface area contributed by atoms with Gasteiger partial charge in [0.05, 0.1) is 6.54 Å². The van der Waals surface area contributed by atoms with Gasteiger partial charge in [-0.15, -0.1) is 0 Å². The Hall–Kier alpha value is -0.660. The van der Waals surface area contributed by atoms with Gasteiger partial charge in [0.2, 0.25) is 0 Å². The Labute approximate surface area is 121 Å². The monoisotopic (exact) mass is 363 g/mol. The highest BCUT2D eigenvalue weighted by Crippen LogP contribution is 2.15. The van der Waals surface area contributed by atoms with Crippen LogP contribution >= 0.6 is 22.6 Å². The lowest BCUT2D eigenvalue weighted by Crippen LogP contribution is -2.34. The first-order chi connectivity index (χ1) is 8.62. The average Bonchev–Trinajstić information content (AvgIpc) is 2.40. The molecule has 0 unspecified atom stereocenters. The molecule has 0 aliphatic rings. The molecule has 1 amide bonds. The molecule has 0 aromatic heterocycles. The zero-order chi connectivity index (χ0) is 13.5. The van der Waals surface area contributed by atoms with E-state index in [4.69, 9.17) is 9.47 Å². The highest BCUT2D eigenvalue weighted by atomic mass is 127. The lowest BCUT2D eigenvalue weighted by atomic mass is 10.1. The summed E-state index contributed by atoms with van der Waals surface area (Å²) in [5.74, 6) is -0.111. The molecule has 1 aromatic carbocycles. The number of hydrogen-bond donors (Lipinski definition) is 1. The molecule has 18 heavy (non-hydrogen) atoms. The highest BCUT2D eigenvalue weighted by molar-refractivity contribution is 14.1. The smallest absolute Gasteiger partial charge is 0.251 e. The van der Waals surface area contributed by atoms with Crippen LogP contribution in [0.15, 0.2) is 18.2 Å². The van der Waals surface area contributed by atoms with Crippen LogP contribution in [0.25, 0.3) is 0 Å². The summed E-state index contributed by atoms with van der Waals surface area (Å²) in [5, 5.41) is 2.78. The number of halogens is 1. The predicted molar refractivity (Wildman–Crippen MR) is 78.7 cm³/mol. The minimum Gasteiger partial charge on any atom is -0.354 e. The SMILES string of the molecule is CCc1cc(C(=O)NCC(OC)OC)ccc1I. The summed E-state index contributed by atoms with van der Waals surface area (Å²) in [7, 11) is 3.08. The second-order valence-corrected chi connectivity index (χ2v) is 4.93. The third-order valence-electron chi connectivity index (χ3n) is 2.64. The van der Waals surface area contributed by atoms with E-state index in [1.165, 1.54) is 9.13 Å². The van der Waals surface area contributed by atoms with E-state index in [9.17, 15) is 4.79 Å². The van der Waals surface area contributed by atoms with Gasteiger partial charge < -0.3 is 14.8 Å². The molecule has 0 bridgehead atoms. The first kappa shape index (κ1) is 15.4. The number of carbonyl (C=O) groups excluding carboxylic acids is 1. The summed E-state index contributed by atoms with van der Waals surface area (Å²) in [4.78, 5) is 11.9. The maximum Gasteiger partial charge on any atom is 0.251 e. The van der Waals surface area contributed by atoms with Gasteiger partial charge in [0, 0.05) is 23.4 Å². The summed E-state index contributed by atoms with van der Waals surface area (Å²) < 4.78 is 11.2. The van der Waals surface area contributed by atoms with Crippen molar-refractivity contribution in [3.05, 3.63) is 32.9 Å².